The fourth-order valence-electron chi connectivity index (χ4n) is 6.77. The van der Waals surface area contributed by atoms with Gasteiger partial charge in [-0.1, -0.05) is 42.5 Å². The first-order chi connectivity index (χ1) is 22.9. The largest absolute Gasteiger partial charge is 0.445 e. The summed E-state index contributed by atoms with van der Waals surface area (Å²) in [6, 6.07) is 19.4. The predicted octanol–water partition coefficient (Wildman–Crippen LogP) is 6.21. The molecule has 260 valence electrons. The number of ether oxygens (including phenoxy) is 1. The Morgan fingerprint density at radius 3 is 2.06 bits per heavy atom. The summed E-state index contributed by atoms with van der Waals surface area (Å²) in [6.07, 6.45) is 4.46. The molecule has 0 unspecified atom stereocenters. The lowest BCUT2D eigenvalue weighted by Crippen LogP contribution is -2.43. The van der Waals surface area contributed by atoms with E-state index in [4.69, 9.17) is 4.74 Å². The first-order valence-corrected chi connectivity index (χ1v) is 20.1. The first-order valence-electron chi connectivity index (χ1n) is 16.5. The van der Waals surface area contributed by atoms with Gasteiger partial charge < -0.3 is 14.5 Å². The van der Waals surface area contributed by atoms with Gasteiger partial charge in [0.05, 0.1) is 15.9 Å². The second-order valence-electron chi connectivity index (χ2n) is 13.1. The number of benzene rings is 3. The molecule has 1 amide bonds. The third kappa shape index (κ3) is 9.85. The van der Waals surface area contributed by atoms with Crippen molar-refractivity contribution in [2.45, 2.75) is 61.2 Å². The fourth-order valence-corrected chi connectivity index (χ4v) is 9.32. The minimum absolute atomic E-state index is 0.136. The summed E-state index contributed by atoms with van der Waals surface area (Å²) in [7, 11) is -6.67. The molecule has 0 radical (unpaired) electrons. The van der Waals surface area contributed by atoms with Gasteiger partial charge in [-0.25, -0.2) is 30.4 Å². The van der Waals surface area contributed by atoms with Gasteiger partial charge in [0.1, 0.15) is 18.2 Å². The van der Waals surface area contributed by atoms with Crippen molar-refractivity contribution in [3.8, 4) is 0 Å². The lowest BCUT2D eigenvalue weighted by Gasteiger charge is -2.34. The number of piperidine rings is 2. The highest BCUT2D eigenvalue weighted by Crippen LogP contribution is 2.32. The van der Waals surface area contributed by atoms with E-state index in [9.17, 15) is 30.4 Å². The molecule has 48 heavy (non-hydrogen) atoms. The van der Waals surface area contributed by atoms with Crippen LogP contribution in [0.2, 0.25) is 0 Å². The van der Waals surface area contributed by atoms with Gasteiger partial charge in [-0.15, -0.1) is 0 Å². The Morgan fingerprint density at radius 1 is 0.833 bits per heavy atom. The lowest BCUT2D eigenvalue weighted by molar-refractivity contribution is 0.0897. The number of rotatable bonds is 12. The Bertz CT molecular complexity index is 1720. The molecule has 0 aliphatic carbocycles. The van der Waals surface area contributed by atoms with Gasteiger partial charge in [-0.2, -0.15) is 0 Å². The zero-order valence-corrected chi connectivity index (χ0v) is 28.9. The van der Waals surface area contributed by atoms with E-state index in [2.05, 4.69) is 4.90 Å². The van der Waals surface area contributed by atoms with Crippen LogP contribution in [0, 0.1) is 17.6 Å². The van der Waals surface area contributed by atoms with Crippen molar-refractivity contribution in [1.29, 1.82) is 0 Å². The molecule has 2 fully saturated rings. The SMILES string of the molecule is CS(=O)(=O)c1ccc([C@@H](CCN2CCC(CCS(=O)(=O)C3CCN(C(=O)OCc4ccccc4)CC3)CC2)c2cc(F)cc(F)c2)cc1. The molecular weight excluding hydrogens is 659 g/mol. The van der Waals surface area contributed by atoms with Crippen LogP contribution < -0.4 is 0 Å². The normalized spacial score (nSPS) is 17.7. The van der Waals surface area contributed by atoms with Crippen molar-refractivity contribution in [3.05, 3.63) is 101 Å². The zero-order chi connectivity index (χ0) is 34.3. The van der Waals surface area contributed by atoms with E-state index in [-0.39, 0.29) is 23.2 Å². The third-order valence-corrected chi connectivity index (χ3v) is 13.1. The van der Waals surface area contributed by atoms with Crippen molar-refractivity contribution in [2.75, 3.05) is 44.7 Å². The average Bonchev–Trinajstić information content (AvgIpc) is 3.07. The summed E-state index contributed by atoms with van der Waals surface area (Å²) in [5, 5.41) is -0.452. The summed E-state index contributed by atoms with van der Waals surface area (Å²) in [5.41, 5.74) is 2.18. The minimum Gasteiger partial charge on any atom is -0.445 e. The van der Waals surface area contributed by atoms with Gasteiger partial charge >= 0.3 is 6.09 Å². The summed E-state index contributed by atoms with van der Waals surface area (Å²) in [4.78, 5) is 16.6. The van der Waals surface area contributed by atoms with E-state index >= 15 is 0 Å². The molecule has 2 aliphatic heterocycles. The Morgan fingerprint density at radius 2 is 1.46 bits per heavy atom. The van der Waals surface area contributed by atoms with Crippen LogP contribution in [-0.2, 0) is 31.0 Å². The lowest BCUT2D eigenvalue weighted by atomic mass is 9.87. The molecule has 5 rings (SSSR count). The van der Waals surface area contributed by atoms with Crippen LogP contribution in [0.15, 0.2) is 77.7 Å². The second-order valence-corrected chi connectivity index (χ2v) is 17.5. The Kier molecular flexibility index (Phi) is 11.9. The highest BCUT2D eigenvalue weighted by Gasteiger charge is 2.33. The zero-order valence-electron chi connectivity index (χ0n) is 27.3. The number of likely N-dealkylation sites (tertiary alicyclic amines) is 2. The number of hydrogen-bond acceptors (Lipinski definition) is 7. The fraction of sp³-hybridized carbons (Fsp3) is 0.472. The van der Waals surface area contributed by atoms with Gasteiger partial charge in [0, 0.05) is 31.3 Å². The maximum absolute atomic E-state index is 14.2. The molecule has 3 aromatic rings. The minimum atomic E-state index is -3.38. The molecule has 2 saturated heterocycles. The molecular formula is C36H44F2N2O6S2. The topological polar surface area (TPSA) is 101 Å². The van der Waals surface area contributed by atoms with Crippen molar-refractivity contribution < 1.29 is 35.1 Å². The smallest absolute Gasteiger partial charge is 0.410 e. The Hall–Kier alpha value is -3.35. The van der Waals surface area contributed by atoms with E-state index in [0.717, 1.165) is 49.4 Å². The summed E-state index contributed by atoms with van der Waals surface area (Å²) >= 11 is 0. The molecule has 0 saturated carbocycles. The van der Waals surface area contributed by atoms with E-state index < -0.39 is 42.7 Å². The summed E-state index contributed by atoms with van der Waals surface area (Å²) in [6.45, 7) is 3.18. The molecule has 12 heteroatoms. The molecule has 0 N–H and O–H groups in total. The predicted molar refractivity (Wildman–Crippen MR) is 181 cm³/mol. The maximum atomic E-state index is 14.2. The molecule has 0 bridgehead atoms. The molecule has 2 heterocycles. The van der Waals surface area contributed by atoms with Crippen LogP contribution in [0.5, 0.6) is 0 Å². The standard InChI is InChI=1S/C36H44F2N2O6S2/c1-47(42,43)33-9-7-29(8-10-33)35(30-23-31(37)25-32(38)24-30)15-19-39-17-11-27(12-18-39)16-22-48(44,45)34-13-20-40(21-14-34)36(41)46-26-28-5-3-2-4-6-28/h2-10,23-25,27,34-35H,11-22,26H2,1H3/t35-/m1/s1. The Balaban J connectivity index is 1.08. The van der Waals surface area contributed by atoms with Crippen molar-refractivity contribution in [2.24, 2.45) is 5.92 Å². The van der Waals surface area contributed by atoms with Gasteiger partial charge in [-0.05, 0) is 105 Å². The van der Waals surface area contributed by atoms with Crippen LogP contribution in [-0.4, -0.2) is 82.7 Å². The number of amides is 1. The number of sulfone groups is 2. The van der Waals surface area contributed by atoms with Crippen LogP contribution in [0.4, 0.5) is 13.6 Å². The van der Waals surface area contributed by atoms with Crippen molar-refractivity contribution >= 4 is 25.8 Å². The van der Waals surface area contributed by atoms with Crippen LogP contribution >= 0.6 is 0 Å². The Labute approximate surface area is 282 Å². The molecule has 3 aromatic carbocycles. The second kappa shape index (κ2) is 15.9. The number of hydrogen-bond donors (Lipinski definition) is 0. The number of carbonyl (C=O) groups is 1. The summed E-state index contributed by atoms with van der Waals surface area (Å²) in [5.74, 6) is -1.22. The van der Waals surface area contributed by atoms with Gasteiger partial charge in [0.25, 0.3) is 0 Å². The van der Waals surface area contributed by atoms with Gasteiger partial charge in [-0.3, -0.25) is 0 Å². The van der Waals surface area contributed by atoms with E-state index in [1.54, 1.807) is 17.0 Å². The monoisotopic (exact) mass is 702 g/mol. The van der Waals surface area contributed by atoms with E-state index in [0.29, 0.717) is 56.8 Å². The molecule has 0 spiro atoms. The molecule has 0 aromatic heterocycles. The molecule has 1 atom stereocenters. The highest BCUT2D eigenvalue weighted by molar-refractivity contribution is 7.92. The first kappa shape index (κ1) is 35.9. The average molecular weight is 703 g/mol. The third-order valence-electron chi connectivity index (χ3n) is 9.66. The molecule has 8 nitrogen and oxygen atoms in total. The number of nitrogens with zero attached hydrogens (tertiary/aromatic N) is 2. The van der Waals surface area contributed by atoms with Crippen molar-refractivity contribution in [3.63, 3.8) is 0 Å². The quantitative estimate of drug-likeness (QED) is 0.221. The van der Waals surface area contributed by atoms with E-state index in [1.165, 1.54) is 24.3 Å². The molecule has 2 aliphatic rings. The maximum Gasteiger partial charge on any atom is 0.410 e. The van der Waals surface area contributed by atoms with Crippen molar-refractivity contribution in [1.82, 2.24) is 9.80 Å². The van der Waals surface area contributed by atoms with Gasteiger partial charge in [0.2, 0.25) is 0 Å². The number of carbonyl (C=O) groups excluding carboxylic acids is 1. The number of halogens is 2. The summed E-state index contributed by atoms with van der Waals surface area (Å²) < 4.78 is 84.1. The van der Waals surface area contributed by atoms with E-state index in [1.807, 2.05) is 30.3 Å². The van der Waals surface area contributed by atoms with Crippen LogP contribution in [0.1, 0.15) is 61.1 Å². The van der Waals surface area contributed by atoms with Gasteiger partial charge in [0.15, 0.2) is 19.7 Å². The van der Waals surface area contributed by atoms with Crippen LogP contribution in [0.25, 0.3) is 0 Å². The van der Waals surface area contributed by atoms with Crippen LogP contribution in [0.3, 0.4) is 0 Å². The highest BCUT2D eigenvalue weighted by atomic mass is 32.2.